The van der Waals surface area contributed by atoms with Crippen LogP contribution in [0.15, 0.2) is 18.2 Å². The molecule has 0 spiro atoms. The maximum Gasteiger partial charge on any atom is 0.119 e. The highest BCUT2D eigenvalue weighted by Crippen LogP contribution is 2.64. The molecule has 162 valence electrons. The first-order valence-electron chi connectivity index (χ1n) is 12.1. The largest absolute Gasteiger partial charge is 0.494 e. The van der Waals surface area contributed by atoms with Gasteiger partial charge in [-0.2, -0.15) is 0 Å². The lowest BCUT2D eigenvalue weighted by Crippen LogP contribution is -2.49. The number of hydrogen-bond donors (Lipinski definition) is 1. The Labute approximate surface area is 177 Å². The first kappa shape index (κ1) is 21.2. The van der Waals surface area contributed by atoms with E-state index in [0.29, 0.717) is 11.8 Å². The molecule has 3 aliphatic carbocycles. The maximum atomic E-state index is 11.0. The molecule has 0 amide bonds. The standard InChI is InChI=1S/C26H41NO2/c1-5-27(6-2)16-7-17-29-20-9-11-21-19(18-20)8-10-23-22(21)12-14-25(3)24(23)13-15-26(25,4)28/h9,11,18,22-24,28H,5-8,10,12-17H2,1-4H3/t22-,23-,24+,25+,26-/m1/s1. The molecule has 0 aromatic heterocycles. The van der Waals surface area contributed by atoms with E-state index < -0.39 is 5.60 Å². The van der Waals surface area contributed by atoms with Crippen molar-refractivity contribution in [3.05, 3.63) is 29.3 Å². The molecule has 1 aromatic carbocycles. The van der Waals surface area contributed by atoms with E-state index in [-0.39, 0.29) is 5.41 Å². The van der Waals surface area contributed by atoms with Crippen molar-refractivity contribution in [2.75, 3.05) is 26.2 Å². The Hall–Kier alpha value is -1.06. The van der Waals surface area contributed by atoms with E-state index in [4.69, 9.17) is 4.74 Å². The van der Waals surface area contributed by atoms with Crippen LogP contribution in [0.1, 0.15) is 83.3 Å². The van der Waals surface area contributed by atoms with Crippen molar-refractivity contribution in [3.63, 3.8) is 0 Å². The van der Waals surface area contributed by atoms with Gasteiger partial charge in [0, 0.05) is 6.54 Å². The molecule has 3 aliphatic rings. The Morgan fingerprint density at radius 3 is 2.66 bits per heavy atom. The molecule has 1 aromatic rings. The van der Waals surface area contributed by atoms with E-state index >= 15 is 0 Å². The lowest BCUT2D eigenvalue weighted by molar-refractivity contribution is -0.0901. The van der Waals surface area contributed by atoms with Crippen LogP contribution in [0.4, 0.5) is 0 Å². The normalized spacial score (nSPS) is 35.9. The first-order chi connectivity index (χ1) is 13.9. The predicted molar refractivity (Wildman–Crippen MR) is 120 cm³/mol. The molecule has 2 fully saturated rings. The number of aryl methyl sites for hydroxylation is 1. The third-order valence-electron chi connectivity index (χ3n) is 9.04. The molecule has 2 saturated carbocycles. The Kier molecular flexibility index (Phi) is 6.01. The van der Waals surface area contributed by atoms with Crippen molar-refractivity contribution >= 4 is 0 Å². The molecule has 0 aliphatic heterocycles. The van der Waals surface area contributed by atoms with Crippen LogP contribution in [0.3, 0.4) is 0 Å². The zero-order chi connectivity index (χ0) is 20.6. The molecule has 0 heterocycles. The number of ether oxygens (including phenoxy) is 1. The molecule has 0 bridgehead atoms. The minimum absolute atomic E-state index is 0.111. The number of aliphatic hydroxyl groups is 1. The van der Waals surface area contributed by atoms with Crippen LogP contribution in [-0.2, 0) is 6.42 Å². The molecule has 4 rings (SSSR count). The van der Waals surface area contributed by atoms with Gasteiger partial charge < -0.3 is 14.7 Å². The number of rotatable bonds is 7. The fourth-order valence-corrected chi connectivity index (χ4v) is 6.91. The smallest absolute Gasteiger partial charge is 0.119 e. The van der Waals surface area contributed by atoms with Gasteiger partial charge in [-0.25, -0.2) is 0 Å². The van der Waals surface area contributed by atoms with Gasteiger partial charge in [0.1, 0.15) is 5.75 Å². The van der Waals surface area contributed by atoms with Gasteiger partial charge in [0.15, 0.2) is 0 Å². The van der Waals surface area contributed by atoms with Crippen molar-refractivity contribution < 1.29 is 9.84 Å². The molecule has 0 unspecified atom stereocenters. The zero-order valence-electron chi connectivity index (χ0n) is 19.0. The van der Waals surface area contributed by atoms with Crippen LogP contribution in [0.5, 0.6) is 5.75 Å². The second kappa shape index (κ2) is 8.23. The molecule has 3 nitrogen and oxygen atoms in total. The van der Waals surface area contributed by atoms with Crippen LogP contribution in [0.25, 0.3) is 0 Å². The van der Waals surface area contributed by atoms with Crippen molar-refractivity contribution in [3.8, 4) is 5.75 Å². The molecular formula is C26H41NO2. The van der Waals surface area contributed by atoms with E-state index in [2.05, 4.69) is 50.8 Å². The number of nitrogens with zero attached hydrogens (tertiary/aromatic N) is 1. The van der Waals surface area contributed by atoms with Gasteiger partial charge in [0.25, 0.3) is 0 Å². The predicted octanol–water partition coefficient (Wildman–Crippen LogP) is 5.40. The highest BCUT2D eigenvalue weighted by atomic mass is 16.5. The summed E-state index contributed by atoms with van der Waals surface area (Å²) in [7, 11) is 0. The lowest BCUT2D eigenvalue weighted by atomic mass is 9.53. The molecule has 0 radical (unpaired) electrons. The molecule has 0 saturated heterocycles. The van der Waals surface area contributed by atoms with E-state index in [1.807, 2.05) is 0 Å². The van der Waals surface area contributed by atoms with E-state index in [0.717, 1.165) is 57.2 Å². The quantitative estimate of drug-likeness (QED) is 0.623. The summed E-state index contributed by atoms with van der Waals surface area (Å²) in [6, 6.07) is 6.89. The second-order valence-corrected chi connectivity index (χ2v) is 10.3. The van der Waals surface area contributed by atoms with E-state index in [1.54, 1.807) is 5.56 Å². The summed E-state index contributed by atoms with van der Waals surface area (Å²) in [5.41, 5.74) is 2.72. The highest BCUT2D eigenvalue weighted by molar-refractivity contribution is 5.41. The van der Waals surface area contributed by atoms with Crippen LogP contribution in [0, 0.1) is 17.3 Å². The summed E-state index contributed by atoms with van der Waals surface area (Å²) in [6.07, 6.45) is 8.10. The van der Waals surface area contributed by atoms with Gasteiger partial charge in [-0.15, -0.1) is 0 Å². The Balaban J connectivity index is 1.41. The van der Waals surface area contributed by atoms with E-state index in [9.17, 15) is 5.11 Å². The lowest BCUT2D eigenvalue weighted by Gasteiger charge is -2.52. The summed E-state index contributed by atoms with van der Waals surface area (Å²) in [5, 5.41) is 11.0. The van der Waals surface area contributed by atoms with Gasteiger partial charge in [0.2, 0.25) is 0 Å². The summed E-state index contributed by atoms with van der Waals surface area (Å²) in [5.74, 6) is 3.16. The Morgan fingerprint density at radius 1 is 1.10 bits per heavy atom. The summed E-state index contributed by atoms with van der Waals surface area (Å²) < 4.78 is 6.10. The highest BCUT2D eigenvalue weighted by Gasteiger charge is 2.59. The van der Waals surface area contributed by atoms with Crippen molar-refractivity contribution in [2.45, 2.75) is 84.2 Å². The summed E-state index contributed by atoms with van der Waals surface area (Å²) >= 11 is 0. The van der Waals surface area contributed by atoms with Gasteiger partial charge in [-0.05, 0) is 111 Å². The van der Waals surface area contributed by atoms with Gasteiger partial charge >= 0.3 is 0 Å². The SMILES string of the molecule is CCN(CC)CCCOc1ccc2c(c1)CC[C@@H]1[C@@H]2CC[C@@]2(C)[C@H]1CC[C@@]2(C)O. The maximum absolute atomic E-state index is 11.0. The zero-order valence-corrected chi connectivity index (χ0v) is 19.0. The molecular weight excluding hydrogens is 358 g/mol. The molecule has 1 N–H and O–H groups in total. The summed E-state index contributed by atoms with van der Waals surface area (Å²) in [6.45, 7) is 13.1. The van der Waals surface area contributed by atoms with Gasteiger partial charge in [-0.3, -0.25) is 0 Å². The fourth-order valence-electron chi connectivity index (χ4n) is 6.91. The Bertz CT molecular complexity index is 711. The molecule has 29 heavy (non-hydrogen) atoms. The minimum Gasteiger partial charge on any atom is -0.494 e. The molecule has 5 atom stereocenters. The van der Waals surface area contributed by atoms with Crippen LogP contribution in [0.2, 0.25) is 0 Å². The summed E-state index contributed by atoms with van der Waals surface area (Å²) in [4.78, 5) is 2.45. The minimum atomic E-state index is -0.480. The number of benzene rings is 1. The Morgan fingerprint density at radius 2 is 1.90 bits per heavy atom. The van der Waals surface area contributed by atoms with Crippen LogP contribution in [-0.4, -0.2) is 41.8 Å². The van der Waals surface area contributed by atoms with Gasteiger partial charge in [0.05, 0.1) is 12.2 Å². The van der Waals surface area contributed by atoms with Crippen molar-refractivity contribution in [2.24, 2.45) is 17.3 Å². The van der Waals surface area contributed by atoms with Gasteiger partial charge in [-0.1, -0.05) is 26.8 Å². The number of fused-ring (bicyclic) bond motifs is 5. The van der Waals surface area contributed by atoms with Crippen LogP contribution < -0.4 is 4.74 Å². The molecule has 3 heteroatoms. The third kappa shape index (κ3) is 3.74. The van der Waals surface area contributed by atoms with Crippen molar-refractivity contribution in [1.29, 1.82) is 0 Å². The first-order valence-corrected chi connectivity index (χ1v) is 12.1. The van der Waals surface area contributed by atoms with Crippen molar-refractivity contribution in [1.82, 2.24) is 4.90 Å². The second-order valence-electron chi connectivity index (χ2n) is 10.3. The number of hydrogen-bond acceptors (Lipinski definition) is 3. The topological polar surface area (TPSA) is 32.7 Å². The van der Waals surface area contributed by atoms with Crippen LogP contribution >= 0.6 is 0 Å². The average Bonchev–Trinajstić information content (AvgIpc) is 2.97. The third-order valence-corrected chi connectivity index (χ3v) is 9.04. The fraction of sp³-hybridized carbons (Fsp3) is 0.769. The monoisotopic (exact) mass is 399 g/mol. The van der Waals surface area contributed by atoms with E-state index in [1.165, 1.54) is 31.2 Å². The average molecular weight is 400 g/mol.